The van der Waals surface area contributed by atoms with Crippen LogP contribution in [0.3, 0.4) is 0 Å². The minimum absolute atomic E-state index is 0.237. The first-order valence-electron chi connectivity index (χ1n) is 4.98. The Morgan fingerprint density at radius 3 is 2.50 bits per heavy atom. The Morgan fingerprint density at radius 2 is 2.00 bits per heavy atom. The van der Waals surface area contributed by atoms with Crippen molar-refractivity contribution in [1.29, 1.82) is 0 Å². The van der Waals surface area contributed by atoms with Crippen LogP contribution in [0.2, 0.25) is 0 Å². The first-order chi connectivity index (χ1) is 7.49. The van der Waals surface area contributed by atoms with E-state index in [2.05, 4.69) is 4.72 Å². The van der Waals surface area contributed by atoms with E-state index in [-0.39, 0.29) is 11.4 Å². The zero-order chi connectivity index (χ0) is 11.8. The zero-order valence-electron chi connectivity index (χ0n) is 8.61. The van der Waals surface area contributed by atoms with Gasteiger partial charge in [-0.25, -0.2) is 17.5 Å². The van der Waals surface area contributed by atoms with Crippen LogP contribution in [0.25, 0.3) is 0 Å². The quantitative estimate of drug-likeness (QED) is 0.814. The Hall–Kier alpha value is -0.980. The summed E-state index contributed by atoms with van der Waals surface area (Å²) < 4.78 is 39.5. The summed E-state index contributed by atoms with van der Waals surface area (Å²) in [5.41, 5.74) is 4.92. The first-order valence-corrected chi connectivity index (χ1v) is 6.46. The van der Waals surface area contributed by atoms with Crippen LogP contribution in [0.1, 0.15) is 12.8 Å². The van der Waals surface area contributed by atoms with Gasteiger partial charge < -0.3 is 5.73 Å². The Kier molecular flexibility index (Phi) is 2.73. The van der Waals surface area contributed by atoms with Crippen molar-refractivity contribution in [3.8, 4) is 0 Å². The lowest BCUT2D eigenvalue weighted by atomic mass is 10.3. The van der Waals surface area contributed by atoms with Gasteiger partial charge in [-0.2, -0.15) is 0 Å². The lowest BCUT2D eigenvalue weighted by molar-refractivity contribution is 0.531. The number of rotatable bonds is 4. The van der Waals surface area contributed by atoms with Gasteiger partial charge in [-0.3, -0.25) is 0 Å². The van der Waals surface area contributed by atoms with Gasteiger partial charge in [-0.1, -0.05) is 12.1 Å². The Morgan fingerprint density at radius 1 is 1.38 bits per heavy atom. The molecule has 16 heavy (non-hydrogen) atoms. The molecule has 0 atom stereocenters. The summed E-state index contributed by atoms with van der Waals surface area (Å²) in [4.78, 5) is -0.324. The molecule has 3 N–H and O–H groups in total. The molecule has 1 aliphatic carbocycles. The monoisotopic (exact) mass is 244 g/mol. The van der Waals surface area contributed by atoms with Crippen LogP contribution in [-0.4, -0.2) is 20.5 Å². The molecule has 0 spiro atoms. The minimum Gasteiger partial charge on any atom is -0.329 e. The molecule has 88 valence electrons. The van der Waals surface area contributed by atoms with Crippen molar-refractivity contribution in [1.82, 2.24) is 4.72 Å². The third-order valence-corrected chi connectivity index (χ3v) is 4.33. The zero-order valence-corrected chi connectivity index (χ0v) is 9.43. The van der Waals surface area contributed by atoms with Gasteiger partial charge in [0.25, 0.3) is 0 Å². The van der Waals surface area contributed by atoms with Crippen molar-refractivity contribution < 1.29 is 12.8 Å². The second-order valence-electron chi connectivity index (χ2n) is 4.02. The van der Waals surface area contributed by atoms with Crippen molar-refractivity contribution >= 4 is 10.0 Å². The maximum Gasteiger partial charge on any atom is 0.244 e. The van der Waals surface area contributed by atoms with E-state index in [0.29, 0.717) is 12.8 Å². The molecule has 1 aromatic carbocycles. The minimum atomic E-state index is -3.80. The van der Waals surface area contributed by atoms with Gasteiger partial charge in [0, 0.05) is 12.1 Å². The molecule has 4 nitrogen and oxygen atoms in total. The van der Waals surface area contributed by atoms with Crippen molar-refractivity contribution in [3.63, 3.8) is 0 Å². The molecule has 0 radical (unpaired) electrons. The third kappa shape index (κ3) is 2.09. The highest BCUT2D eigenvalue weighted by molar-refractivity contribution is 7.89. The number of nitrogens with two attached hydrogens (primary N) is 1. The second-order valence-corrected chi connectivity index (χ2v) is 5.67. The molecule has 1 fully saturated rings. The largest absolute Gasteiger partial charge is 0.329 e. The summed E-state index contributed by atoms with van der Waals surface area (Å²) in [5, 5.41) is 0. The molecule has 1 saturated carbocycles. The average molecular weight is 244 g/mol. The molecule has 0 heterocycles. The van der Waals surface area contributed by atoms with Gasteiger partial charge in [0.05, 0.1) is 0 Å². The van der Waals surface area contributed by atoms with Crippen molar-refractivity contribution in [3.05, 3.63) is 30.1 Å². The van der Waals surface area contributed by atoms with Crippen molar-refractivity contribution in [2.75, 3.05) is 6.54 Å². The van der Waals surface area contributed by atoms with E-state index in [1.807, 2.05) is 0 Å². The van der Waals surface area contributed by atoms with Crippen LogP contribution in [0, 0.1) is 5.82 Å². The number of hydrogen-bond acceptors (Lipinski definition) is 3. The van der Waals surface area contributed by atoms with Gasteiger partial charge in [0.2, 0.25) is 10.0 Å². The Bertz CT molecular complexity index is 497. The number of halogens is 1. The fraction of sp³-hybridized carbons (Fsp3) is 0.400. The highest BCUT2D eigenvalue weighted by Gasteiger charge is 2.45. The topological polar surface area (TPSA) is 72.2 Å². The van der Waals surface area contributed by atoms with E-state index < -0.39 is 21.4 Å². The van der Waals surface area contributed by atoms with Gasteiger partial charge in [-0.05, 0) is 25.0 Å². The third-order valence-electron chi connectivity index (χ3n) is 2.72. The van der Waals surface area contributed by atoms with E-state index in [9.17, 15) is 12.8 Å². The standard InChI is InChI=1S/C10H13FN2O2S/c11-8-3-1-2-4-9(8)16(14,15)13-10(7-12)5-6-10/h1-4,13H,5-7,12H2. The van der Waals surface area contributed by atoms with E-state index in [4.69, 9.17) is 5.73 Å². The lowest BCUT2D eigenvalue weighted by Gasteiger charge is -2.15. The number of benzene rings is 1. The molecule has 0 aliphatic heterocycles. The van der Waals surface area contributed by atoms with Gasteiger partial charge in [-0.15, -0.1) is 0 Å². The Balaban J connectivity index is 2.30. The second kappa shape index (κ2) is 3.80. The van der Waals surface area contributed by atoms with E-state index in [0.717, 1.165) is 6.07 Å². The summed E-state index contributed by atoms with van der Waals surface area (Å²) in [6.07, 6.45) is 1.41. The van der Waals surface area contributed by atoms with Gasteiger partial charge in [0.1, 0.15) is 10.7 Å². The van der Waals surface area contributed by atoms with Gasteiger partial charge >= 0.3 is 0 Å². The normalized spacial score (nSPS) is 18.4. The molecular weight excluding hydrogens is 231 g/mol. The van der Waals surface area contributed by atoms with Crippen LogP contribution < -0.4 is 10.5 Å². The molecule has 1 aromatic rings. The Labute approximate surface area is 93.7 Å². The van der Waals surface area contributed by atoms with Crippen LogP contribution >= 0.6 is 0 Å². The fourth-order valence-corrected chi connectivity index (χ4v) is 3.05. The number of sulfonamides is 1. The molecule has 0 unspecified atom stereocenters. The summed E-state index contributed by atoms with van der Waals surface area (Å²) in [6, 6.07) is 5.30. The molecule has 0 aromatic heterocycles. The van der Waals surface area contributed by atoms with Crippen LogP contribution in [0.15, 0.2) is 29.2 Å². The smallest absolute Gasteiger partial charge is 0.244 e. The molecular formula is C10H13FN2O2S. The van der Waals surface area contributed by atoms with E-state index in [1.54, 1.807) is 0 Å². The average Bonchev–Trinajstić information content (AvgIpc) is 2.98. The van der Waals surface area contributed by atoms with Crippen molar-refractivity contribution in [2.45, 2.75) is 23.3 Å². The van der Waals surface area contributed by atoms with Crippen molar-refractivity contribution in [2.24, 2.45) is 5.73 Å². The number of nitrogens with one attached hydrogen (secondary N) is 1. The maximum atomic E-state index is 13.3. The summed E-state index contributed by atoms with van der Waals surface area (Å²) in [5.74, 6) is -0.747. The highest BCUT2D eigenvalue weighted by atomic mass is 32.2. The highest BCUT2D eigenvalue weighted by Crippen LogP contribution is 2.35. The van der Waals surface area contributed by atoms with E-state index in [1.165, 1.54) is 18.2 Å². The van der Waals surface area contributed by atoms with Crippen LogP contribution in [-0.2, 0) is 10.0 Å². The molecule has 0 bridgehead atoms. The van der Waals surface area contributed by atoms with Crippen LogP contribution in [0.4, 0.5) is 4.39 Å². The SMILES string of the molecule is NCC1(NS(=O)(=O)c2ccccc2F)CC1. The summed E-state index contributed by atoms with van der Waals surface area (Å²) in [6.45, 7) is 0.237. The van der Waals surface area contributed by atoms with E-state index >= 15 is 0 Å². The van der Waals surface area contributed by atoms with Crippen LogP contribution in [0.5, 0.6) is 0 Å². The summed E-state index contributed by atoms with van der Waals surface area (Å²) >= 11 is 0. The maximum absolute atomic E-state index is 13.3. The molecule has 6 heteroatoms. The molecule has 0 amide bonds. The fourth-order valence-electron chi connectivity index (χ4n) is 1.50. The predicted octanol–water partition coefficient (Wildman–Crippen LogP) is 0.595. The first kappa shape index (κ1) is 11.5. The molecule has 1 aliphatic rings. The predicted molar refractivity (Wildman–Crippen MR) is 57.7 cm³/mol. The lowest BCUT2D eigenvalue weighted by Crippen LogP contribution is -2.42. The molecule has 0 saturated heterocycles. The number of hydrogen-bond donors (Lipinski definition) is 2. The molecule has 2 rings (SSSR count). The van der Waals surface area contributed by atoms with Gasteiger partial charge in [0.15, 0.2) is 0 Å². The summed E-state index contributed by atoms with van der Waals surface area (Å²) in [7, 11) is -3.80.